The highest BCUT2D eigenvalue weighted by atomic mass is 16.5. The van der Waals surface area contributed by atoms with E-state index in [0.29, 0.717) is 5.92 Å². The summed E-state index contributed by atoms with van der Waals surface area (Å²) in [6, 6.07) is -0.0142. The van der Waals surface area contributed by atoms with Crippen molar-refractivity contribution < 1.29 is 9.53 Å². The lowest BCUT2D eigenvalue weighted by Gasteiger charge is -2.36. The molecule has 1 amide bonds. The van der Waals surface area contributed by atoms with Gasteiger partial charge in [-0.05, 0) is 25.3 Å². The Bertz CT molecular complexity index is 348. The second-order valence-corrected chi connectivity index (χ2v) is 6.65. The third-order valence-electron chi connectivity index (χ3n) is 4.52. The van der Waals surface area contributed by atoms with Crippen molar-refractivity contribution in [2.45, 2.75) is 58.8 Å². The van der Waals surface area contributed by atoms with Crippen molar-refractivity contribution in [3.63, 3.8) is 0 Å². The van der Waals surface area contributed by atoms with E-state index in [2.05, 4.69) is 37.9 Å². The molecule has 2 fully saturated rings. The van der Waals surface area contributed by atoms with Crippen LogP contribution in [0.15, 0.2) is 0 Å². The minimum Gasteiger partial charge on any atom is -0.374 e. The predicted octanol–water partition coefficient (Wildman–Crippen LogP) is 1.29. The van der Waals surface area contributed by atoms with Gasteiger partial charge in [0.15, 0.2) is 0 Å². The van der Waals surface area contributed by atoms with Gasteiger partial charge in [-0.3, -0.25) is 15.0 Å². The maximum atomic E-state index is 12.5. The van der Waals surface area contributed by atoms with Crippen molar-refractivity contribution in [1.82, 2.24) is 15.1 Å². The van der Waals surface area contributed by atoms with Gasteiger partial charge in [-0.2, -0.15) is 0 Å². The number of carbonyl (C=O) groups excluding carboxylic acids is 1. The molecule has 0 radical (unpaired) electrons. The Balaban J connectivity index is 1.98. The third kappa shape index (κ3) is 4.18. The fraction of sp³-hybridized carbons (Fsp3) is 0.938. The molecule has 3 unspecified atom stereocenters. The molecular formula is C16H31N3O2. The van der Waals surface area contributed by atoms with E-state index in [1.807, 2.05) is 4.90 Å². The van der Waals surface area contributed by atoms with Gasteiger partial charge in [0.2, 0.25) is 5.91 Å². The molecule has 0 saturated carbocycles. The number of nitrogens with zero attached hydrogens (tertiary/aromatic N) is 2. The summed E-state index contributed by atoms with van der Waals surface area (Å²) in [6.45, 7) is 13.2. The first-order valence-corrected chi connectivity index (χ1v) is 8.45. The highest BCUT2D eigenvalue weighted by molar-refractivity contribution is 5.84. The Morgan fingerprint density at radius 3 is 2.76 bits per heavy atom. The molecule has 0 spiro atoms. The molecule has 5 nitrogen and oxygen atoms in total. The van der Waals surface area contributed by atoms with Crippen LogP contribution in [-0.4, -0.2) is 66.8 Å². The molecule has 0 aromatic heterocycles. The molecule has 1 N–H and O–H groups in total. The molecule has 0 aromatic carbocycles. The molecule has 0 aromatic rings. The van der Waals surface area contributed by atoms with Crippen LogP contribution in [0.3, 0.4) is 0 Å². The summed E-state index contributed by atoms with van der Waals surface area (Å²) in [6.07, 6.45) is 2.18. The maximum absolute atomic E-state index is 12.5. The predicted molar refractivity (Wildman–Crippen MR) is 84.0 cm³/mol. The van der Waals surface area contributed by atoms with Crippen molar-refractivity contribution in [3.05, 3.63) is 0 Å². The van der Waals surface area contributed by atoms with Gasteiger partial charge in [-0.1, -0.05) is 27.7 Å². The fourth-order valence-electron chi connectivity index (χ4n) is 3.30. The van der Waals surface area contributed by atoms with Gasteiger partial charge >= 0.3 is 0 Å². The Morgan fingerprint density at radius 1 is 1.38 bits per heavy atom. The second-order valence-electron chi connectivity index (χ2n) is 6.65. The topological polar surface area (TPSA) is 44.8 Å². The van der Waals surface area contributed by atoms with Crippen LogP contribution in [0, 0.1) is 5.92 Å². The number of hydrogen-bond acceptors (Lipinski definition) is 4. The molecule has 21 heavy (non-hydrogen) atoms. The molecule has 5 heteroatoms. The summed E-state index contributed by atoms with van der Waals surface area (Å²) in [5, 5.41) is 3.49. The van der Waals surface area contributed by atoms with Gasteiger partial charge in [0.05, 0.1) is 24.9 Å². The Hall–Kier alpha value is -0.650. The summed E-state index contributed by atoms with van der Waals surface area (Å²) in [7, 11) is 0. The number of amides is 1. The van der Waals surface area contributed by atoms with Gasteiger partial charge in [-0.15, -0.1) is 0 Å². The minimum atomic E-state index is -0.0142. The summed E-state index contributed by atoms with van der Waals surface area (Å²) >= 11 is 0. The summed E-state index contributed by atoms with van der Waals surface area (Å²) < 4.78 is 5.88. The normalized spacial score (nSPS) is 31.4. The largest absolute Gasteiger partial charge is 0.374 e. The minimum absolute atomic E-state index is 0.0142. The van der Waals surface area contributed by atoms with Crippen LogP contribution in [-0.2, 0) is 9.53 Å². The van der Waals surface area contributed by atoms with Gasteiger partial charge in [0.25, 0.3) is 0 Å². The van der Waals surface area contributed by atoms with E-state index in [4.69, 9.17) is 4.74 Å². The van der Waals surface area contributed by atoms with E-state index in [9.17, 15) is 4.79 Å². The van der Waals surface area contributed by atoms with Crippen LogP contribution in [0.1, 0.15) is 40.5 Å². The van der Waals surface area contributed by atoms with Crippen LogP contribution in [0.4, 0.5) is 0 Å². The zero-order valence-electron chi connectivity index (χ0n) is 14.0. The van der Waals surface area contributed by atoms with E-state index in [1.54, 1.807) is 0 Å². The van der Waals surface area contributed by atoms with Crippen molar-refractivity contribution in [2.24, 2.45) is 5.92 Å². The van der Waals surface area contributed by atoms with Gasteiger partial charge in [0.1, 0.15) is 0 Å². The Morgan fingerprint density at radius 2 is 2.14 bits per heavy atom. The van der Waals surface area contributed by atoms with Gasteiger partial charge in [-0.25, -0.2) is 0 Å². The number of nitrogens with one attached hydrogen (secondary N) is 1. The molecule has 2 heterocycles. The average Bonchev–Trinajstić information content (AvgIpc) is 2.75. The average molecular weight is 297 g/mol. The van der Waals surface area contributed by atoms with Gasteiger partial charge < -0.3 is 9.64 Å². The van der Waals surface area contributed by atoms with E-state index < -0.39 is 0 Å². The lowest BCUT2D eigenvalue weighted by Crippen LogP contribution is -2.50. The van der Waals surface area contributed by atoms with Gasteiger partial charge in [0, 0.05) is 19.6 Å². The van der Waals surface area contributed by atoms with Crippen molar-refractivity contribution >= 4 is 5.91 Å². The summed E-state index contributed by atoms with van der Waals surface area (Å²) in [4.78, 5) is 17.0. The van der Waals surface area contributed by atoms with Crippen LogP contribution in [0.5, 0.6) is 0 Å². The molecule has 2 saturated heterocycles. The third-order valence-corrected chi connectivity index (χ3v) is 4.52. The van der Waals surface area contributed by atoms with E-state index in [1.165, 1.54) is 0 Å². The van der Waals surface area contributed by atoms with E-state index >= 15 is 0 Å². The van der Waals surface area contributed by atoms with Crippen LogP contribution < -0.4 is 5.32 Å². The molecule has 0 aliphatic carbocycles. The zero-order chi connectivity index (χ0) is 15.4. The van der Waals surface area contributed by atoms with Crippen molar-refractivity contribution in [2.75, 3.05) is 32.8 Å². The summed E-state index contributed by atoms with van der Waals surface area (Å²) in [5.41, 5.74) is 0. The first-order valence-electron chi connectivity index (χ1n) is 8.45. The molecule has 2 aliphatic rings. The van der Waals surface area contributed by atoms with Crippen LogP contribution >= 0.6 is 0 Å². The maximum Gasteiger partial charge on any atom is 0.241 e. The number of ether oxygens (including phenoxy) is 1. The van der Waals surface area contributed by atoms with Crippen LogP contribution in [0.2, 0.25) is 0 Å². The molecule has 2 rings (SSSR count). The first kappa shape index (κ1) is 16.7. The Labute approximate surface area is 129 Å². The van der Waals surface area contributed by atoms with Crippen molar-refractivity contribution in [3.8, 4) is 0 Å². The molecule has 0 bridgehead atoms. The second kappa shape index (κ2) is 7.56. The molecule has 2 aliphatic heterocycles. The molecule has 3 atom stereocenters. The standard InChI is InChI=1S/C16H31N3O2/c1-5-14-16(20)19(15(17-14)9-12(3)4)11-13-10-18(6-2)7-8-21-13/h12-15,17H,5-11H2,1-4H3. The van der Waals surface area contributed by atoms with Crippen LogP contribution in [0.25, 0.3) is 0 Å². The highest BCUT2D eigenvalue weighted by Crippen LogP contribution is 2.20. The van der Waals surface area contributed by atoms with Crippen molar-refractivity contribution in [1.29, 1.82) is 0 Å². The van der Waals surface area contributed by atoms with E-state index in [0.717, 1.165) is 45.6 Å². The molecule has 122 valence electrons. The number of likely N-dealkylation sites (N-methyl/N-ethyl adjacent to an activating group) is 1. The monoisotopic (exact) mass is 297 g/mol. The smallest absolute Gasteiger partial charge is 0.241 e. The van der Waals surface area contributed by atoms with E-state index in [-0.39, 0.29) is 24.2 Å². The number of hydrogen-bond donors (Lipinski definition) is 1. The lowest BCUT2D eigenvalue weighted by molar-refractivity contribution is -0.133. The number of rotatable bonds is 6. The number of morpholine rings is 1. The fourth-order valence-corrected chi connectivity index (χ4v) is 3.30. The summed E-state index contributed by atoms with van der Waals surface area (Å²) in [5.74, 6) is 0.827. The zero-order valence-corrected chi connectivity index (χ0v) is 14.0. The lowest BCUT2D eigenvalue weighted by atomic mass is 10.1. The highest BCUT2D eigenvalue weighted by Gasteiger charge is 2.39. The number of carbonyl (C=O) groups is 1. The molecular weight excluding hydrogens is 266 g/mol. The Kier molecular flexibility index (Phi) is 6.02. The quantitative estimate of drug-likeness (QED) is 0.802. The SMILES string of the molecule is CCC1NC(CC(C)C)N(CC2CN(CC)CCO2)C1=O. The first-order chi connectivity index (χ1) is 10.0.